The first-order chi connectivity index (χ1) is 11.0. The third-order valence-electron chi connectivity index (χ3n) is 3.25. The van der Waals surface area contributed by atoms with Crippen molar-refractivity contribution in [2.24, 2.45) is 5.10 Å². The fourth-order valence-corrected chi connectivity index (χ4v) is 2.12. The first kappa shape index (κ1) is 14.5. The van der Waals surface area contributed by atoms with Crippen molar-refractivity contribution in [1.82, 2.24) is 10.4 Å². The van der Waals surface area contributed by atoms with Crippen LogP contribution in [0.2, 0.25) is 0 Å². The molecule has 3 rings (SSSR count). The highest BCUT2D eigenvalue weighted by atomic mass is 16.3. The Labute approximate surface area is 130 Å². The maximum absolute atomic E-state index is 12.0. The molecule has 0 aliphatic heterocycles. The number of para-hydroxylation sites is 1. The second kappa shape index (κ2) is 5.72. The van der Waals surface area contributed by atoms with Crippen LogP contribution in [0.15, 0.2) is 47.6 Å². The Morgan fingerprint density at radius 2 is 1.78 bits per heavy atom. The number of aromatic amines is 1. The third-order valence-corrected chi connectivity index (χ3v) is 3.25. The number of H-pyrrole nitrogens is 1. The van der Waals surface area contributed by atoms with Gasteiger partial charge in [-0.2, -0.15) is 5.10 Å². The lowest BCUT2D eigenvalue weighted by atomic mass is 10.2. The minimum atomic E-state index is -0.607. The molecule has 0 aliphatic rings. The molecule has 7 nitrogen and oxygen atoms in total. The minimum absolute atomic E-state index is 0.315. The Hall–Kier alpha value is -3.48. The molecule has 0 radical (unpaired) electrons. The van der Waals surface area contributed by atoms with E-state index in [0.717, 1.165) is 10.9 Å². The van der Waals surface area contributed by atoms with Gasteiger partial charge in [-0.05, 0) is 24.3 Å². The SMILES string of the molecule is O=C(N/N=C/c1cc(O)c(O)c(O)c1)c1cc2ccccc2[nH]1. The van der Waals surface area contributed by atoms with Crippen molar-refractivity contribution >= 4 is 23.0 Å². The predicted octanol–water partition coefficient (Wildman–Crippen LogP) is 2.05. The second-order valence-corrected chi connectivity index (χ2v) is 4.88. The number of rotatable bonds is 3. The molecule has 0 spiro atoms. The summed E-state index contributed by atoms with van der Waals surface area (Å²) in [5.74, 6) is -1.99. The van der Waals surface area contributed by atoms with E-state index in [0.29, 0.717) is 11.3 Å². The maximum Gasteiger partial charge on any atom is 0.287 e. The van der Waals surface area contributed by atoms with Gasteiger partial charge >= 0.3 is 0 Å². The number of amides is 1. The van der Waals surface area contributed by atoms with Gasteiger partial charge in [0.2, 0.25) is 0 Å². The van der Waals surface area contributed by atoms with Crippen LogP contribution in [0.1, 0.15) is 16.1 Å². The minimum Gasteiger partial charge on any atom is -0.504 e. The van der Waals surface area contributed by atoms with E-state index in [1.165, 1.54) is 18.3 Å². The largest absolute Gasteiger partial charge is 0.504 e. The van der Waals surface area contributed by atoms with Crippen molar-refractivity contribution in [3.05, 3.63) is 53.7 Å². The van der Waals surface area contributed by atoms with E-state index in [2.05, 4.69) is 15.5 Å². The number of carbonyl (C=O) groups excluding carboxylic acids is 1. The molecular weight excluding hydrogens is 298 g/mol. The molecule has 116 valence electrons. The van der Waals surface area contributed by atoms with Gasteiger partial charge in [0, 0.05) is 16.5 Å². The average molecular weight is 311 g/mol. The van der Waals surface area contributed by atoms with E-state index in [9.17, 15) is 20.1 Å². The van der Waals surface area contributed by atoms with E-state index in [1.807, 2.05) is 24.3 Å². The lowest BCUT2D eigenvalue weighted by Crippen LogP contribution is -2.17. The zero-order valence-electron chi connectivity index (χ0n) is 11.8. The predicted molar refractivity (Wildman–Crippen MR) is 84.8 cm³/mol. The molecule has 1 heterocycles. The van der Waals surface area contributed by atoms with Crippen LogP contribution in [0.3, 0.4) is 0 Å². The van der Waals surface area contributed by atoms with Crippen molar-refractivity contribution in [2.45, 2.75) is 0 Å². The highest BCUT2D eigenvalue weighted by Crippen LogP contribution is 2.34. The summed E-state index contributed by atoms with van der Waals surface area (Å²) >= 11 is 0. The number of nitrogens with zero attached hydrogens (tertiary/aromatic N) is 1. The smallest absolute Gasteiger partial charge is 0.287 e. The monoisotopic (exact) mass is 311 g/mol. The number of phenolic OH excluding ortho intramolecular Hbond substituents is 3. The Bertz CT molecular complexity index is 859. The molecule has 0 aliphatic carbocycles. The van der Waals surface area contributed by atoms with Crippen molar-refractivity contribution in [3.8, 4) is 17.2 Å². The molecule has 0 atom stereocenters. The van der Waals surface area contributed by atoms with Crippen LogP contribution in [0, 0.1) is 0 Å². The van der Waals surface area contributed by atoms with E-state index in [1.54, 1.807) is 6.07 Å². The van der Waals surface area contributed by atoms with Crippen LogP contribution >= 0.6 is 0 Å². The molecular formula is C16H13N3O4. The number of aromatic nitrogens is 1. The molecule has 0 unspecified atom stereocenters. The zero-order valence-corrected chi connectivity index (χ0v) is 11.8. The first-order valence-electron chi connectivity index (χ1n) is 6.70. The summed E-state index contributed by atoms with van der Waals surface area (Å²) < 4.78 is 0. The van der Waals surface area contributed by atoms with Crippen LogP contribution < -0.4 is 5.43 Å². The van der Waals surface area contributed by atoms with Gasteiger partial charge in [0.1, 0.15) is 5.69 Å². The maximum atomic E-state index is 12.0. The number of hydrogen-bond acceptors (Lipinski definition) is 5. The number of hydrazone groups is 1. The summed E-state index contributed by atoms with van der Waals surface area (Å²) in [6, 6.07) is 11.6. The van der Waals surface area contributed by atoms with Crippen LogP contribution in [0.5, 0.6) is 17.2 Å². The van der Waals surface area contributed by atoms with Crippen molar-refractivity contribution in [3.63, 3.8) is 0 Å². The second-order valence-electron chi connectivity index (χ2n) is 4.88. The zero-order chi connectivity index (χ0) is 16.4. The fraction of sp³-hybridized carbons (Fsp3) is 0. The van der Waals surface area contributed by atoms with Crippen LogP contribution in [-0.2, 0) is 0 Å². The summed E-state index contributed by atoms with van der Waals surface area (Å²) in [4.78, 5) is 15.0. The molecule has 7 heteroatoms. The van der Waals surface area contributed by atoms with Gasteiger partial charge in [-0.3, -0.25) is 4.79 Å². The van der Waals surface area contributed by atoms with Crippen LogP contribution in [0.4, 0.5) is 0 Å². The molecule has 23 heavy (non-hydrogen) atoms. The van der Waals surface area contributed by atoms with Gasteiger partial charge in [0.25, 0.3) is 5.91 Å². The Balaban J connectivity index is 1.73. The number of fused-ring (bicyclic) bond motifs is 1. The molecule has 0 fully saturated rings. The molecule has 1 aromatic heterocycles. The molecule has 0 bridgehead atoms. The topological polar surface area (TPSA) is 118 Å². The van der Waals surface area contributed by atoms with E-state index < -0.39 is 23.2 Å². The lowest BCUT2D eigenvalue weighted by Gasteiger charge is -2.02. The Morgan fingerprint density at radius 3 is 2.48 bits per heavy atom. The van der Waals surface area contributed by atoms with Gasteiger partial charge in [0.05, 0.1) is 6.21 Å². The normalized spacial score (nSPS) is 11.1. The fourth-order valence-electron chi connectivity index (χ4n) is 2.12. The van der Waals surface area contributed by atoms with E-state index in [4.69, 9.17) is 0 Å². The summed E-state index contributed by atoms with van der Waals surface area (Å²) in [5.41, 5.74) is 3.85. The highest BCUT2D eigenvalue weighted by Gasteiger charge is 2.09. The standard InChI is InChI=1S/C16H13N3O4/c20-13-5-9(6-14(21)15(13)22)8-17-19-16(23)12-7-10-3-1-2-4-11(10)18-12/h1-8,18,20-22H,(H,19,23)/b17-8+. The lowest BCUT2D eigenvalue weighted by molar-refractivity contribution is 0.0951. The van der Waals surface area contributed by atoms with E-state index >= 15 is 0 Å². The van der Waals surface area contributed by atoms with Crippen LogP contribution in [-0.4, -0.2) is 32.4 Å². The van der Waals surface area contributed by atoms with E-state index in [-0.39, 0.29) is 0 Å². The summed E-state index contributed by atoms with van der Waals surface area (Å²) in [6.07, 6.45) is 1.24. The number of phenols is 3. The third kappa shape index (κ3) is 2.93. The first-order valence-corrected chi connectivity index (χ1v) is 6.70. The van der Waals surface area contributed by atoms with Crippen molar-refractivity contribution in [2.75, 3.05) is 0 Å². The number of hydrogen-bond donors (Lipinski definition) is 5. The summed E-state index contributed by atoms with van der Waals surface area (Å²) in [7, 11) is 0. The molecule has 0 saturated carbocycles. The van der Waals surface area contributed by atoms with Gasteiger partial charge in [-0.15, -0.1) is 0 Å². The van der Waals surface area contributed by atoms with Gasteiger partial charge in [-0.25, -0.2) is 5.43 Å². The number of nitrogens with one attached hydrogen (secondary N) is 2. The van der Waals surface area contributed by atoms with Crippen molar-refractivity contribution in [1.29, 1.82) is 0 Å². The molecule has 1 amide bonds. The van der Waals surface area contributed by atoms with Gasteiger partial charge in [0.15, 0.2) is 17.2 Å². The van der Waals surface area contributed by atoms with Crippen LogP contribution in [0.25, 0.3) is 10.9 Å². The molecule has 5 N–H and O–H groups in total. The van der Waals surface area contributed by atoms with Gasteiger partial charge in [-0.1, -0.05) is 18.2 Å². The van der Waals surface area contributed by atoms with Gasteiger partial charge < -0.3 is 20.3 Å². The number of carbonyl (C=O) groups is 1. The summed E-state index contributed by atoms with van der Waals surface area (Å²) in [5, 5.41) is 32.7. The molecule has 2 aromatic carbocycles. The number of benzene rings is 2. The molecule has 3 aromatic rings. The summed E-state index contributed by atoms with van der Waals surface area (Å²) in [6.45, 7) is 0. The Kier molecular flexibility index (Phi) is 3.60. The Morgan fingerprint density at radius 1 is 1.09 bits per heavy atom. The quantitative estimate of drug-likeness (QED) is 0.289. The van der Waals surface area contributed by atoms with Crippen molar-refractivity contribution < 1.29 is 20.1 Å². The highest BCUT2D eigenvalue weighted by molar-refractivity contribution is 5.98. The average Bonchev–Trinajstić information content (AvgIpc) is 2.96. The molecule has 0 saturated heterocycles. The number of aromatic hydroxyl groups is 3.